The van der Waals surface area contributed by atoms with Crippen LogP contribution in [0, 0.1) is 0 Å². The Balaban J connectivity index is 2.67. The Labute approximate surface area is 78.4 Å². The lowest BCUT2D eigenvalue weighted by Crippen LogP contribution is -2.11. The molecule has 0 spiro atoms. The van der Waals surface area contributed by atoms with Gasteiger partial charge in [0.1, 0.15) is 0 Å². The number of rotatable bonds is 4. The minimum absolute atomic E-state index is 0.0995. The molecule has 4 nitrogen and oxygen atoms in total. The predicted octanol–water partition coefficient (Wildman–Crippen LogP) is 0.846. The van der Waals surface area contributed by atoms with E-state index in [1.165, 1.54) is 0 Å². The predicted molar refractivity (Wildman–Crippen MR) is 51.2 cm³/mol. The Hall–Kier alpha value is -0.870. The fourth-order valence-corrected chi connectivity index (χ4v) is 1.13. The first-order valence-electron chi connectivity index (χ1n) is 4.55. The molecule has 13 heavy (non-hydrogen) atoms. The Morgan fingerprint density at radius 2 is 2.31 bits per heavy atom. The van der Waals surface area contributed by atoms with Gasteiger partial charge in [-0.25, -0.2) is 0 Å². The lowest BCUT2D eigenvalue weighted by molar-refractivity contribution is 0.276. The number of hydrogen-bond acceptors (Lipinski definition) is 3. The molecule has 1 unspecified atom stereocenters. The highest BCUT2D eigenvalue weighted by Gasteiger charge is 2.08. The summed E-state index contributed by atoms with van der Waals surface area (Å²) in [5.74, 6) is 0. The van der Waals surface area contributed by atoms with E-state index in [1.54, 1.807) is 6.20 Å². The third-order valence-electron chi connectivity index (χ3n) is 2.02. The zero-order chi connectivity index (χ0) is 9.84. The highest BCUT2D eigenvalue weighted by atomic mass is 16.3. The van der Waals surface area contributed by atoms with Gasteiger partial charge in [0.15, 0.2) is 0 Å². The van der Waals surface area contributed by atoms with Crippen molar-refractivity contribution in [1.29, 1.82) is 0 Å². The molecular formula is C9H17N3O. The molecule has 1 rings (SSSR count). The molecule has 0 saturated carbocycles. The maximum absolute atomic E-state index is 8.71. The van der Waals surface area contributed by atoms with E-state index < -0.39 is 0 Å². The molecule has 4 heteroatoms. The average molecular weight is 183 g/mol. The SMILES string of the molecule is CC(C)n1cc(C(N)CCO)cn1. The number of aliphatic hydroxyl groups excluding tert-OH is 1. The maximum atomic E-state index is 8.71. The van der Waals surface area contributed by atoms with Crippen molar-refractivity contribution in [1.82, 2.24) is 9.78 Å². The Morgan fingerprint density at radius 3 is 2.77 bits per heavy atom. The molecule has 3 N–H and O–H groups in total. The third-order valence-corrected chi connectivity index (χ3v) is 2.02. The largest absolute Gasteiger partial charge is 0.396 e. The molecule has 0 aromatic carbocycles. The molecular weight excluding hydrogens is 166 g/mol. The second-order valence-corrected chi connectivity index (χ2v) is 3.47. The maximum Gasteiger partial charge on any atom is 0.0537 e. The van der Waals surface area contributed by atoms with Crippen molar-refractivity contribution in [2.45, 2.75) is 32.4 Å². The van der Waals surface area contributed by atoms with Gasteiger partial charge >= 0.3 is 0 Å². The van der Waals surface area contributed by atoms with Gasteiger partial charge in [-0.1, -0.05) is 0 Å². The van der Waals surface area contributed by atoms with Crippen LogP contribution in [0.15, 0.2) is 12.4 Å². The smallest absolute Gasteiger partial charge is 0.0537 e. The summed E-state index contributed by atoms with van der Waals surface area (Å²) < 4.78 is 1.87. The van der Waals surface area contributed by atoms with Gasteiger partial charge in [-0.05, 0) is 20.3 Å². The first kappa shape index (κ1) is 10.2. The topological polar surface area (TPSA) is 64.1 Å². The number of nitrogens with zero attached hydrogens (tertiary/aromatic N) is 2. The van der Waals surface area contributed by atoms with Crippen molar-refractivity contribution in [2.24, 2.45) is 5.73 Å². The van der Waals surface area contributed by atoms with Crippen LogP contribution in [0.5, 0.6) is 0 Å². The standard InChI is InChI=1S/C9H17N3O/c1-7(2)12-6-8(5-11-12)9(10)3-4-13/h5-7,9,13H,3-4,10H2,1-2H3. The molecule has 0 radical (unpaired) electrons. The van der Waals surface area contributed by atoms with Crippen LogP contribution in [-0.4, -0.2) is 21.5 Å². The summed E-state index contributed by atoms with van der Waals surface area (Å²) in [6.45, 7) is 4.25. The van der Waals surface area contributed by atoms with E-state index in [0.29, 0.717) is 12.5 Å². The summed E-state index contributed by atoms with van der Waals surface area (Å²) in [5, 5.41) is 12.9. The Morgan fingerprint density at radius 1 is 1.62 bits per heavy atom. The van der Waals surface area contributed by atoms with Gasteiger partial charge in [0, 0.05) is 30.5 Å². The van der Waals surface area contributed by atoms with Crippen molar-refractivity contribution < 1.29 is 5.11 Å². The number of nitrogens with two attached hydrogens (primary N) is 1. The minimum atomic E-state index is -0.0995. The van der Waals surface area contributed by atoms with E-state index in [2.05, 4.69) is 18.9 Å². The molecule has 74 valence electrons. The van der Waals surface area contributed by atoms with Gasteiger partial charge in [-0.15, -0.1) is 0 Å². The van der Waals surface area contributed by atoms with Crippen molar-refractivity contribution in [3.8, 4) is 0 Å². The highest BCUT2D eigenvalue weighted by Crippen LogP contribution is 2.14. The summed E-state index contributed by atoms with van der Waals surface area (Å²) in [4.78, 5) is 0. The minimum Gasteiger partial charge on any atom is -0.396 e. The van der Waals surface area contributed by atoms with Crippen LogP contribution in [-0.2, 0) is 0 Å². The first-order chi connectivity index (χ1) is 6.15. The van der Waals surface area contributed by atoms with Crippen molar-refractivity contribution in [3.05, 3.63) is 18.0 Å². The van der Waals surface area contributed by atoms with Gasteiger partial charge in [0.05, 0.1) is 6.20 Å². The second-order valence-electron chi connectivity index (χ2n) is 3.47. The van der Waals surface area contributed by atoms with Crippen LogP contribution in [0.3, 0.4) is 0 Å². The van der Waals surface area contributed by atoms with Crippen LogP contribution in [0.1, 0.15) is 37.9 Å². The van der Waals surface area contributed by atoms with Crippen LogP contribution in [0.2, 0.25) is 0 Å². The zero-order valence-corrected chi connectivity index (χ0v) is 8.14. The normalized spacial score (nSPS) is 13.6. The van der Waals surface area contributed by atoms with Crippen LogP contribution in [0.25, 0.3) is 0 Å². The molecule has 0 bridgehead atoms. The van der Waals surface area contributed by atoms with E-state index in [0.717, 1.165) is 5.56 Å². The summed E-state index contributed by atoms with van der Waals surface area (Å²) in [6, 6.07) is 0.257. The van der Waals surface area contributed by atoms with Crippen molar-refractivity contribution in [2.75, 3.05) is 6.61 Å². The highest BCUT2D eigenvalue weighted by molar-refractivity contribution is 5.09. The summed E-state index contributed by atoms with van der Waals surface area (Å²) in [5.41, 5.74) is 6.79. The van der Waals surface area contributed by atoms with Gasteiger partial charge < -0.3 is 10.8 Å². The fourth-order valence-electron chi connectivity index (χ4n) is 1.13. The van der Waals surface area contributed by atoms with Crippen molar-refractivity contribution in [3.63, 3.8) is 0 Å². The van der Waals surface area contributed by atoms with Crippen LogP contribution < -0.4 is 5.73 Å². The molecule has 1 aromatic heterocycles. The van der Waals surface area contributed by atoms with E-state index >= 15 is 0 Å². The third kappa shape index (κ3) is 2.54. The van der Waals surface area contributed by atoms with E-state index in [-0.39, 0.29) is 12.6 Å². The quantitative estimate of drug-likeness (QED) is 0.727. The molecule has 0 fully saturated rings. The first-order valence-corrected chi connectivity index (χ1v) is 4.55. The molecule has 0 aliphatic carbocycles. The van der Waals surface area contributed by atoms with Gasteiger partial charge in [-0.3, -0.25) is 4.68 Å². The summed E-state index contributed by atoms with van der Waals surface area (Å²) in [7, 11) is 0. The van der Waals surface area contributed by atoms with Gasteiger partial charge in [-0.2, -0.15) is 5.10 Å². The Kier molecular flexibility index (Phi) is 3.45. The van der Waals surface area contributed by atoms with E-state index in [9.17, 15) is 0 Å². The molecule has 0 aliphatic rings. The molecule has 0 aliphatic heterocycles. The van der Waals surface area contributed by atoms with Crippen LogP contribution >= 0.6 is 0 Å². The lowest BCUT2D eigenvalue weighted by Gasteiger charge is -2.07. The monoisotopic (exact) mass is 183 g/mol. The second kappa shape index (κ2) is 4.39. The molecule has 0 saturated heterocycles. The van der Waals surface area contributed by atoms with E-state index in [1.807, 2.05) is 10.9 Å². The molecule has 1 atom stereocenters. The van der Waals surface area contributed by atoms with E-state index in [4.69, 9.17) is 10.8 Å². The molecule has 0 amide bonds. The number of aromatic nitrogens is 2. The number of aliphatic hydroxyl groups is 1. The zero-order valence-electron chi connectivity index (χ0n) is 8.14. The van der Waals surface area contributed by atoms with Gasteiger partial charge in [0.2, 0.25) is 0 Å². The summed E-state index contributed by atoms with van der Waals surface area (Å²) in [6.07, 6.45) is 4.29. The number of hydrogen-bond donors (Lipinski definition) is 2. The summed E-state index contributed by atoms with van der Waals surface area (Å²) >= 11 is 0. The molecule has 1 aromatic rings. The van der Waals surface area contributed by atoms with Gasteiger partial charge in [0.25, 0.3) is 0 Å². The van der Waals surface area contributed by atoms with Crippen molar-refractivity contribution >= 4 is 0 Å². The lowest BCUT2D eigenvalue weighted by atomic mass is 10.1. The van der Waals surface area contributed by atoms with Crippen LogP contribution in [0.4, 0.5) is 0 Å². The Bertz CT molecular complexity index is 257. The fraction of sp³-hybridized carbons (Fsp3) is 0.667. The average Bonchev–Trinajstić information content (AvgIpc) is 2.52. The molecule has 1 heterocycles.